The van der Waals surface area contributed by atoms with Crippen molar-refractivity contribution >= 4 is 32.2 Å². The monoisotopic (exact) mass is 507 g/mol. The van der Waals surface area contributed by atoms with Crippen molar-refractivity contribution in [1.29, 1.82) is 0 Å². The summed E-state index contributed by atoms with van der Waals surface area (Å²) in [6.45, 7) is 0.459. The number of hydrogen-bond acceptors (Lipinski definition) is 15. The standard InChI is InChI=1S/C12H29N7O8S3.2Li/c1-29(21,22)15-5-4-14-11-17-10(13)18-12(19-11)16-8-6-7(30(23,24)25)2-3-9(8)28-27-26-20;;/h7-12,14-20H,2-6,13H2,1H3,(H,23,24,25);;/q;2*+1/p-2. The van der Waals surface area contributed by atoms with E-state index < -0.39 is 50.3 Å². The van der Waals surface area contributed by atoms with Gasteiger partial charge in [0.15, 0.2) is 0 Å². The first-order valence-electron chi connectivity index (χ1n) is 9.02. The van der Waals surface area contributed by atoms with Crippen LogP contribution in [-0.4, -0.2) is 76.1 Å². The summed E-state index contributed by atoms with van der Waals surface area (Å²) in [5.74, 6) is 0. The fourth-order valence-electron chi connectivity index (χ4n) is 3.27. The second-order valence-corrected chi connectivity index (χ2v) is 11.4. The molecule has 6 atom stereocenters. The maximum absolute atomic E-state index is 11.5. The Balaban J connectivity index is 0.00000480. The normalized spacial score (nSPS) is 31.4. The van der Waals surface area contributed by atoms with Crippen molar-refractivity contribution in [2.24, 2.45) is 5.73 Å². The van der Waals surface area contributed by atoms with E-state index in [0.717, 1.165) is 18.3 Å². The molecular formula is C12H27Li2N7O8S3. The van der Waals surface area contributed by atoms with Gasteiger partial charge in [-0.05, 0) is 19.3 Å². The molecule has 178 valence electrons. The molecule has 6 unspecified atom stereocenters. The van der Waals surface area contributed by atoms with Gasteiger partial charge in [0, 0.05) is 36.4 Å². The van der Waals surface area contributed by atoms with E-state index in [2.05, 4.69) is 40.7 Å². The Labute approximate surface area is 216 Å². The van der Waals surface area contributed by atoms with Crippen LogP contribution in [0.25, 0.3) is 0 Å². The summed E-state index contributed by atoms with van der Waals surface area (Å²) >= 11 is 0.750. The third-order valence-corrected chi connectivity index (χ3v) is 7.50. The molecule has 8 N–H and O–H groups in total. The quantitative estimate of drug-likeness (QED) is 0.0344. The fourth-order valence-corrected chi connectivity index (χ4v) is 5.30. The smallest absolute Gasteiger partial charge is 0.748 e. The Morgan fingerprint density at radius 1 is 1.09 bits per heavy atom. The van der Waals surface area contributed by atoms with Crippen LogP contribution >= 0.6 is 12.0 Å². The third kappa shape index (κ3) is 12.1. The third-order valence-electron chi connectivity index (χ3n) is 4.58. The first-order chi connectivity index (χ1) is 14.0. The van der Waals surface area contributed by atoms with E-state index >= 15 is 0 Å². The van der Waals surface area contributed by atoms with Crippen LogP contribution in [0.2, 0.25) is 0 Å². The van der Waals surface area contributed by atoms with Crippen molar-refractivity contribution in [3.05, 3.63) is 0 Å². The molecule has 2 fully saturated rings. The summed E-state index contributed by atoms with van der Waals surface area (Å²) in [4.78, 5) is 0. The molecule has 0 amide bonds. The number of nitrogens with one attached hydrogen (secondary N) is 6. The zero-order valence-corrected chi connectivity index (χ0v) is 20.5. The average molecular weight is 507 g/mol. The first kappa shape index (κ1) is 33.0. The minimum absolute atomic E-state index is 0. The summed E-state index contributed by atoms with van der Waals surface area (Å²) in [5, 5.41) is 27.3. The van der Waals surface area contributed by atoms with E-state index in [4.69, 9.17) is 5.73 Å². The van der Waals surface area contributed by atoms with Crippen LogP contribution in [-0.2, 0) is 29.5 Å². The number of hydrogen-bond donors (Lipinski definition) is 7. The average Bonchev–Trinajstić information content (AvgIpc) is 2.62. The van der Waals surface area contributed by atoms with Crippen LogP contribution in [0.3, 0.4) is 0 Å². The van der Waals surface area contributed by atoms with Crippen molar-refractivity contribution in [1.82, 2.24) is 31.3 Å². The molecule has 0 spiro atoms. The van der Waals surface area contributed by atoms with E-state index in [1.54, 1.807) is 0 Å². The maximum Gasteiger partial charge on any atom is 1.00 e. The van der Waals surface area contributed by atoms with E-state index in [-0.39, 0.29) is 62.4 Å². The molecule has 15 nitrogen and oxygen atoms in total. The zero-order chi connectivity index (χ0) is 22.4. The Kier molecular flexibility index (Phi) is 15.7. The van der Waals surface area contributed by atoms with Crippen LogP contribution in [0.1, 0.15) is 19.3 Å². The van der Waals surface area contributed by atoms with E-state index in [1.165, 1.54) is 0 Å². The van der Waals surface area contributed by atoms with Gasteiger partial charge in [0.05, 0.1) is 21.6 Å². The van der Waals surface area contributed by atoms with Gasteiger partial charge in [-0.25, -0.2) is 21.6 Å². The Hall–Kier alpha value is 1.00. The van der Waals surface area contributed by atoms with Crippen molar-refractivity contribution in [3.63, 3.8) is 0 Å². The second-order valence-electron chi connectivity index (χ2n) is 6.94. The molecule has 32 heavy (non-hydrogen) atoms. The Morgan fingerprint density at radius 2 is 1.75 bits per heavy atom. The molecule has 1 aliphatic heterocycles. The van der Waals surface area contributed by atoms with E-state index in [1.807, 2.05) is 0 Å². The topological polar surface area (TPSA) is 231 Å². The molecule has 20 heteroatoms. The van der Waals surface area contributed by atoms with Crippen LogP contribution in [0.15, 0.2) is 0 Å². The number of rotatable bonds is 11. The summed E-state index contributed by atoms with van der Waals surface area (Å²) < 4.78 is 63.3. The maximum atomic E-state index is 11.5. The fraction of sp³-hybridized carbons (Fsp3) is 1.00. The molecule has 2 aliphatic rings. The molecule has 0 radical (unpaired) electrons. The van der Waals surface area contributed by atoms with Crippen molar-refractivity contribution < 1.29 is 73.7 Å². The number of sulfonamides is 1. The summed E-state index contributed by atoms with van der Waals surface area (Å²) in [6.07, 6.45) is -0.226. The summed E-state index contributed by atoms with van der Waals surface area (Å²) in [6, 6.07) is -0.518. The number of nitrogens with two attached hydrogens (primary N) is 1. The van der Waals surface area contributed by atoms with Crippen LogP contribution in [0, 0.1) is 0 Å². The second kappa shape index (κ2) is 15.2. The van der Waals surface area contributed by atoms with Crippen LogP contribution in [0.5, 0.6) is 0 Å². The van der Waals surface area contributed by atoms with Crippen molar-refractivity contribution in [2.75, 3.05) is 19.3 Å². The van der Waals surface area contributed by atoms with Gasteiger partial charge >= 0.3 is 37.7 Å². The minimum atomic E-state index is -4.47. The van der Waals surface area contributed by atoms with Crippen molar-refractivity contribution in [3.8, 4) is 0 Å². The summed E-state index contributed by atoms with van der Waals surface area (Å²) in [7, 11) is -7.77. The molecule has 1 saturated carbocycles. The minimum Gasteiger partial charge on any atom is -0.748 e. The molecule has 1 aliphatic carbocycles. The van der Waals surface area contributed by atoms with E-state index in [0.29, 0.717) is 13.0 Å². The molecule has 0 aromatic rings. The van der Waals surface area contributed by atoms with Crippen LogP contribution < -0.4 is 80.0 Å². The molecular weight excluding hydrogens is 480 g/mol. The predicted molar refractivity (Wildman–Crippen MR) is 104 cm³/mol. The predicted octanol–water partition coefficient (Wildman–Crippen LogP) is -11.0. The molecule has 0 bridgehead atoms. The largest absolute Gasteiger partial charge is 1.00 e. The SMILES string of the molecule is CS(=O)(=O)NCCNC1NC(N)NC(NC2CC(S(=O)(=O)[O-])CCC2SOO[O-])N1.[Li+].[Li+]. The molecule has 2 rings (SSSR count). The Morgan fingerprint density at radius 3 is 2.34 bits per heavy atom. The van der Waals surface area contributed by atoms with Gasteiger partial charge < -0.3 is 15.5 Å². The molecule has 1 heterocycles. The summed E-state index contributed by atoms with van der Waals surface area (Å²) in [5.41, 5.74) is 5.91. The first-order valence-corrected chi connectivity index (χ1v) is 13.2. The van der Waals surface area contributed by atoms with Crippen LogP contribution in [0.4, 0.5) is 0 Å². The van der Waals surface area contributed by atoms with Gasteiger partial charge in [0.2, 0.25) is 10.0 Å². The molecule has 1 saturated heterocycles. The Bertz CT molecular complexity index is 753. The molecule has 0 aromatic heterocycles. The van der Waals surface area contributed by atoms with Gasteiger partial charge in [-0.3, -0.25) is 31.6 Å². The molecule has 0 aromatic carbocycles. The van der Waals surface area contributed by atoms with Gasteiger partial charge in [0.1, 0.15) is 18.9 Å². The van der Waals surface area contributed by atoms with Gasteiger partial charge in [0.25, 0.3) is 0 Å². The van der Waals surface area contributed by atoms with Gasteiger partial charge in [-0.2, -0.15) is 4.33 Å². The van der Waals surface area contributed by atoms with E-state index in [9.17, 15) is 26.6 Å². The van der Waals surface area contributed by atoms with Gasteiger partial charge in [-0.15, -0.1) is 0 Å². The zero-order valence-electron chi connectivity index (χ0n) is 18.1. The van der Waals surface area contributed by atoms with Gasteiger partial charge in [-0.1, -0.05) is 0 Å². The van der Waals surface area contributed by atoms with Crippen molar-refractivity contribution in [2.45, 2.75) is 54.7 Å².